The molecule has 1 aromatic rings. The fourth-order valence-corrected chi connectivity index (χ4v) is 3.46. The van der Waals surface area contributed by atoms with Crippen LogP contribution in [0.1, 0.15) is 18.5 Å². The summed E-state index contributed by atoms with van der Waals surface area (Å²) >= 11 is 0. The van der Waals surface area contributed by atoms with Gasteiger partial charge in [0.15, 0.2) is 0 Å². The molecule has 1 saturated heterocycles. The highest BCUT2D eigenvalue weighted by Crippen LogP contribution is 2.21. The molecule has 2 rings (SSSR count). The summed E-state index contributed by atoms with van der Waals surface area (Å²) in [5, 5.41) is 16.0. The summed E-state index contributed by atoms with van der Waals surface area (Å²) in [5.41, 5.74) is 0.760. The van der Waals surface area contributed by atoms with E-state index in [1.807, 2.05) is 6.92 Å². The molecule has 8 nitrogen and oxygen atoms in total. The number of rotatable bonds is 5. The maximum Gasteiger partial charge on any atom is 0.228 e. The Morgan fingerprint density at radius 1 is 1.45 bits per heavy atom. The highest BCUT2D eigenvalue weighted by atomic mass is 32.2. The SMILES string of the molecule is Cc1cc(NC(=O)C2CCN(S(C)(=O)=O)CC2)n(CCO)n1. The number of carbonyl (C=O) groups is 1. The molecule has 0 aromatic carbocycles. The second-order valence-electron chi connectivity index (χ2n) is 5.54. The summed E-state index contributed by atoms with van der Waals surface area (Å²) in [6.07, 6.45) is 2.20. The molecule has 9 heteroatoms. The van der Waals surface area contributed by atoms with Crippen LogP contribution in [0.4, 0.5) is 5.82 Å². The number of hydrogen-bond donors (Lipinski definition) is 2. The largest absolute Gasteiger partial charge is 0.394 e. The molecular weight excluding hydrogens is 308 g/mol. The molecular formula is C13H22N4O4S. The number of aliphatic hydroxyl groups excluding tert-OH is 1. The number of anilines is 1. The maximum atomic E-state index is 12.3. The van der Waals surface area contributed by atoms with Crippen molar-refractivity contribution in [1.82, 2.24) is 14.1 Å². The third kappa shape index (κ3) is 4.05. The van der Waals surface area contributed by atoms with Gasteiger partial charge in [-0.15, -0.1) is 0 Å². The summed E-state index contributed by atoms with van der Waals surface area (Å²) in [5.74, 6) is 0.213. The van der Waals surface area contributed by atoms with Gasteiger partial charge in [-0.25, -0.2) is 17.4 Å². The molecule has 1 amide bonds. The van der Waals surface area contributed by atoms with Gasteiger partial charge in [0, 0.05) is 25.1 Å². The van der Waals surface area contributed by atoms with Gasteiger partial charge in [-0.1, -0.05) is 0 Å². The lowest BCUT2D eigenvalue weighted by molar-refractivity contribution is -0.121. The molecule has 1 fully saturated rings. The summed E-state index contributed by atoms with van der Waals surface area (Å²) in [6, 6.07) is 1.75. The number of carbonyl (C=O) groups excluding carboxylic acids is 1. The fourth-order valence-electron chi connectivity index (χ4n) is 2.59. The summed E-state index contributed by atoms with van der Waals surface area (Å²) in [7, 11) is -3.18. The predicted molar refractivity (Wildman–Crippen MR) is 81.8 cm³/mol. The molecule has 0 spiro atoms. The van der Waals surface area contributed by atoms with Crippen LogP contribution in [0, 0.1) is 12.8 Å². The molecule has 0 aliphatic carbocycles. The number of aromatic nitrogens is 2. The van der Waals surface area contributed by atoms with Crippen molar-refractivity contribution in [2.24, 2.45) is 5.92 Å². The average molecular weight is 330 g/mol. The quantitative estimate of drug-likeness (QED) is 0.777. The lowest BCUT2D eigenvalue weighted by atomic mass is 9.97. The van der Waals surface area contributed by atoms with Crippen molar-refractivity contribution < 1.29 is 18.3 Å². The van der Waals surface area contributed by atoms with Crippen LogP contribution in [0.2, 0.25) is 0 Å². The van der Waals surface area contributed by atoms with Crippen LogP contribution in [0.25, 0.3) is 0 Å². The van der Waals surface area contributed by atoms with Crippen LogP contribution in [0.5, 0.6) is 0 Å². The van der Waals surface area contributed by atoms with E-state index in [1.165, 1.54) is 10.6 Å². The standard InChI is InChI=1S/C13H22N4O4S/c1-10-9-12(17(15-10)7-8-18)14-13(19)11-3-5-16(6-4-11)22(2,20)21/h9,11,18H,3-8H2,1-2H3,(H,14,19). The number of piperidine rings is 1. The van der Waals surface area contributed by atoms with E-state index >= 15 is 0 Å². The van der Waals surface area contributed by atoms with Crippen molar-refractivity contribution in [3.63, 3.8) is 0 Å². The first kappa shape index (κ1) is 16.9. The van der Waals surface area contributed by atoms with Gasteiger partial charge in [-0.2, -0.15) is 5.10 Å². The highest BCUT2D eigenvalue weighted by molar-refractivity contribution is 7.88. The number of amides is 1. The van der Waals surface area contributed by atoms with Gasteiger partial charge < -0.3 is 10.4 Å². The molecule has 22 heavy (non-hydrogen) atoms. The van der Waals surface area contributed by atoms with E-state index in [4.69, 9.17) is 5.11 Å². The van der Waals surface area contributed by atoms with Gasteiger partial charge in [-0.3, -0.25) is 4.79 Å². The Hall–Kier alpha value is -1.45. The van der Waals surface area contributed by atoms with E-state index in [1.54, 1.807) is 10.7 Å². The molecule has 0 atom stereocenters. The molecule has 0 bridgehead atoms. The Kier molecular flexibility index (Phi) is 5.20. The van der Waals surface area contributed by atoms with Crippen LogP contribution >= 0.6 is 0 Å². The fraction of sp³-hybridized carbons (Fsp3) is 0.692. The second kappa shape index (κ2) is 6.76. The molecule has 2 heterocycles. The van der Waals surface area contributed by atoms with E-state index in [9.17, 15) is 13.2 Å². The second-order valence-corrected chi connectivity index (χ2v) is 7.53. The Morgan fingerprint density at radius 3 is 2.64 bits per heavy atom. The zero-order valence-corrected chi connectivity index (χ0v) is 13.6. The lowest BCUT2D eigenvalue weighted by Gasteiger charge is -2.29. The van der Waals surface area contributed by atoms with E-state index in [0.717, 1.165) is 5.69 Å². The van der Waals surface area contributed by atoms with E-state index < -0.39 is 10.0 Å². The molecule has 1 aromatic heterocycles. The lowest BCUT2D eigenvalue weighted by Crippen LogP contribution is -2.41. The van der Waals surface area contributed by atoms with Crippen molar-refractivity contribution in [3.8, 4) is 0 Å². The smallest absolute Gasteiger partial charge is 0.228 e. The number of aryl methyl sites for hydroxylation is 1. The molecule has 0 radical (unpaired) electrons. The van der Waals surface area contributed by atoms with Gasteiger partial charge in [0.05, 0.1) is 25.1 Å². The number of aliphatic hydroxyl groups is 1. The summed E-state index contributed by atoms with van der Waals surface area (Å²) in [6.45, 7) is 2.80. The Bertz CT molecular complexity index is 632. The van der Waals surface area contributed by atoms with Gasteiger partial charge in [-0.05, 0) is 19.8 Å². The third-order valence-electron chi connectivity index (χ3n) is 3.76. The van der Waals surface area contributed by atoms with Crippen LogP contribution < -0.4 is 5.32 Å². The minimum Gasteiger partial charge on any atom is -0.394 e. The van der Waals surface area contributed by atoms with Gasteiger partial charge in [0.1, 0.15) is 5.82 Å². The van der Waals surface area contributed by atoms with Crippen molar-refractivity contribution in [2.75, 3.05) is 31.3 Å². The van der Waals surface area contributed by atoms with Crippen molar-refractivity contribution in [3.05, 3.63) is 11.8 Å². The van der Waals surface area contributed by atoms with Gasteiger partial charge >= 0.3 is 0 Å². The van der Waals surface area contributed by atoms with Crippen LogP contribution in [-0.2, 0) is 21.4 Å². The van der Waals surface area contributed by atoms with E-state index in [-0.39, 0.29) is 18.4 Å². The number of nitrogens with zero attached hydrogens (tertiary/aromatic N) is 3. The van der Waals surface area contributed by atoms with Gasteiger partial charge in [0.25, 0.3) is 0 Å². The Labute approximate surface area is 130 Å². The first-order chi connectivity index (χ1) is 10.3. The van der Waals surface area contributed by atoms with E-state index in [2.05, 4.69) is 10.4 Å². The highest BCUT2D eigenvalue weighted by Gasteiger charge is 2.29. The van der Waals surface area contributed by atoms with Crippen molar-refractivity contribution in [1.29, 1.82) is 0 Å². The Balaban J connectivity index is 1.96. The molecule has 1 aliphatic heterocycles. The first-order valence-corrected chi connectivity index (χ1v) is 9.07. The molecule has 124 valence electrons. The third-order valence-corrected chi connectivity index (χ3v) is 5.06. The number of hydrogen-bond acceptors (Lipinski definition) is 5. The molecule has 2 N–H and O–H groups in total. The Morgan fingerprint density at radius 2 is 2.09 bits per heavy atom. The number of sulfonamides is 1. The molecule has 0 saturated carbocycles. The predicted octanol–water partition coefficient (Wildman–Crippen LogP) is -0.206. The number of nitrogens with one attached hydrogen (secondary N) is 1. The zero-order valence-electron chi connectivity index (χ0n) is 12.8. The molecule has 1 aliphatic rings. The van der Waals surface area contributed by atoms with E-state index in [0.29, 0.717) is 38.3 Å². The van der Waals surface area contributed by atoms with Gasteiger partial charge in [0.2, 0.25) is 15.9 Å². The summed E-state index contributed by atoms with van der Waals surface area (Å²) in [4.78, 5) is 12.3. The van der Waals surface area contributed by atoms with Crippen LogP contribution in [0.15, 0.2) is 6.07 Å². The topological polar surface area (TPSA) is 105 Å². The zero-order chi connectivity index (χ0) is 16.3. The maximum absolute atomic E-state index is 12.3. The van der Waals surface area contributed by atoms with Crippen LogP contribution in [0.3, 0.4) is 0 Å². The minimum atomic E-state index is -3.18. The minimum absolute atomic E-state index is 0.0588. The summed E-state index contributed by atoms with van der Waals surface area (Å²) < 4.78 is 25.9. The normalized spacial score (nSPS) is 17.6. The molecule has 0 unspecified atom stereocenters. The monoisotopic (exact) mass is 330 g/mol. The average Bonchev–Trinajstić information content (AvgIpc) is 2.78. The van der Waals surface area contributed by atoms with Crippen molar-refractivity contribution in [2.45, 2.75) is 26.3 Å². The first-order valence-electron chi connectivity index (χ1n) is 7.22. The van der Waals surface area contributed by atoms with Crippen LogP contribution in [-0.4, -0.2) is 59.5 Å². The van der Waals surface area contributed by atoms with Crippen molar-refractivity contribution >= 4 is 21.7 Å².